The molecule has 12 nitrogen and oxygen atoms in total. The van der Waals surface area contributed by atoms with Gasteiger partial charge in [0.15, 0.2) is 18.3 Å². The van der Waals surface area contributed by atoms with Gasteiger partial charge in [-0.05, 0) is 62.6 Å². The van der Waals surface area contributed by atoms with Gasteiger partial charge in [-0.25, -0.2) is 14.1 Å². The second-order valence-electron chi connectivity index (χ2n) is 12.1. The van der Waals surface area contributed by atoms with Crippen LogP contribution in [0, 0.1) is 11.2 Å². The summed E-state index contributed by atoms with van der Waals surface area (Å²) in [5.74, 6) is -2.53. The molecule has 2 atom stereocenters. The standard InChI is InChI=1S/C31H31FN4O8/c1-31(2,3)29(40)43-14-36-28(39)25(34-30(36)41)19-10-17-9-15-7-8-33-26(37)18(15)11-21(17)44-22(19)13-35-12-16-5-6-20(42-4)24(32)23(16)27(35)38/h5-6,9-11,22,25H,7-8,12-14H2,1-4H3,(H,33,37)(H,34,41)/t22-,25-/m0/s1. The quantitative estimate of drug-likeness (QED) is 0.377. The lowest BCUT2D eigenvalue weighted by Crippen LogP contribution is -2.45. The Labute approximate surface area is 252 Å². The molecule has 2 N–H and O–H groups in total. The number of methoxy groups -OCH3 is 1. The predicted octanol–water partition coefficient (Wildman–Crippen LogP) is 2.39. The van der Waals surface area contributed by atoms with Gasteiger partial charge in [0.2, 0.25) is 0 Å². The van der Waals surface area contributed by atoms with Crippen LogP contribution in [0.1, 0.15) is 58.2 Å². The van der Waals surface area contributed by atoms with Crippen LogP contribution in [0.2, 0.25) is 0 Å². The highest BCUT2D eigenvalue weighted by Gasteiger charge is 2.46. The lowest BCUT2D eigenvalue weighted by Gasteiger charge is -2.33. The fourth-order valence-corrected chi connectivity index (χ4v) is 5.70. The van der Waals surface area contributed by atoms with E-state index in [1.54, 1.807) is 39.0 Å². The van der Waals surface area contributed by atoms with E-state index in [-0.39, 0.29) is 30.3 Å². The van der Waals surface area contributed by atoms with Crippen LogP contribution in [0.3, 0.4) is 0 Å². The minimum atomic E-state index is -1.19. The van der Waals surface area contributed by atoms with E-state index in [9.17, 15) is 24.0 Å². The second kappa shape index (κ2) is 10.6. The number of carbonyl (C=O) groups excluding carboxylic acids is 5. The molecule has 230 valence electrons. The number of carbonyl (C=O) groups is 5. The summed E-state index contributed by atoms with van der Waals surface area (Å²) < 4.78 is 31.7. The Hall–Kier alpha value is -4.94. The summed E-state index contributed by atoms with van der Waals surface area (Å²) >= 11 is 0. The molecule has 5 amide bonds. The lowest BCUT2D eigenvalue weighted by molar-refractivity contribution is -0.158. The molecule has 0 aliphatic carbocycles. The van der Waals surface area contributed by atoms with Crippen molar-refractivity contribution in [3.63, 3.8) is 0 Å². The highest BCUT2D eigenvalue weighted by atomic mass is 19.1. The first kappa shape index (κ1) is 29.1. The molecule has 1 saturated heterocycles. The van der Waals surface area contributed by atoms with Gasteiger partial charge in [0, 0.05) is 29.8 Å². The van der Waals surface area contributed by atoms with Gasteiger partial charge in [0.1, 0.15) is 17.9 Å². The van der Waals surface area contributed by atoms with Gasteiger partial charge < -0.3 is 29.7 Å². The average Bonchev–Trinajstić information content (AvgIpc) is 3.44. The zero-order valence-corrected chi connectivity index (χ0v) is 24.6. The molecular formula is C31H31FN4O8. The summed E-state index contributed by atoms with van der Waals surface area (Å²) in [6, 6.07) is 4.55. The van der Waals surface area contributed by atoms with Gasteiger partial charge in [0.05, 0.1) is 24.6 Å². The number of hydrogen-bond acceptors (Lipinski definition) is 8. The van der Waals surface area contributed by atoms with E-state index >= 15 is 4.39 Å². The van der Waals surface area contributed by atoms with Crippen molar-refractivity contribution in [3.05, 3.63) is 63.5 Å². The third kappa shape index (κ3) is 4.91. The molecule has 6 rings (SSSR count). The van der Waals surface area contributed by atoms with Gasteiger partial charge in [-0.1, -0.05) is 6.07 Å². The van der Waals surface area contributed by atoms with Gasteiger partial charge in [-0.15, -0.1) is 0 Å². The van der Waals surface area contributed by atoms with Crippen LogP contribution >= 0.6 is 0 Å². The van der Waals surface area contributed by atoms with E-state index < -0.39 is 53.9 Å². The number of rotatable bonds is 6. The smallest absolute Gasteiger partial charge is 0.327 e. The normalized spacial score (nSPS) is 20.7. The Bertz CT molecular complexity index is 1660. The second-order valence-corrected chi connectivity index (χ2v) is 12.1. The summed E-state index contributed by atoms with van der Waals surface area (Å²) in [4.78, 5) is 66.9. The summed E-state index contributed by atoms with van der Waals surface area (Å²) in [5, 5.41) is 5.45. The molecule has 4 aliphatic heterocycles. The summed E-state index contributed by atoms with van der Waals surface area (Å²) in [5.41, 5.74) is 1.73. The Morgan fingerprint density at radius 3 is 2.64 bits per heavy atom. The minimum absolute atomic E-state index is 0.0584. The molecule has 1 fully saturated rings. The van der Waals surface area contributed by atoms with Crippen LogP contribution < -0.4 is 20.1 Å². The fraction of sp³-hybridized carbons (Fsp3) is 0.387. The molecule has 44 heavy (non-hydrogen) atoms. The number of hydrogen-bond donors (Lipinski definition) is 2. The zero-order valence-electron chi connectivity index (χ0n) is 24.6. The third-order valence-corrected chi connectivity index (χ3v) is 8.08. The SMILES string of the molecule is COc1ccc2c(c1F)C(=O)N(C[C@@H]1Oc3cc4c(cc3C=C1[C@@H]1NC(=O)N(COC(=O)C(C)(C)C)C1=O)CCNC4=O)C2. The van der Waals surface area contributed by atoms with Gasteiger partial charge in [0.25, 0.3) is 17.7 Å². The molecule has 2 aromatic carbocycles. The van der Waals surface area contributed by atoms with E-state index in [0.29, 0.717) is 41.0 Å². The largest absolute Gasteiger partial charge is 0.494 e. The van der Waals surface area contributed by atoms with Crippen LogP contribution in [-0.2, 0) is 27.3 Å². The predicted molar refractivity (Wildman–Crippen MR) is 152 cm³/mol. The fourth-order valence-electron chi connectivity index (χ4n) is 5.70. The van der Waals surface area contributed by atoms with Gasteiger partial charge >= 0.3 is 12.0 Å². The first-order chi connectivity index (χ1) is 20.9. The molecule has 2 aromatic rings. The molecule has 0 radical (unpaired) electrons. The van der Waals surface area contributed by atoms with Crippen molar-refractivity contribution in [2.24, 2.45) is 5.41 Å². The molecule has 4 aliphatic rings. The molecule has 0 saturated carbocycles. The summed E-state index contributed by atoms with van der Waals surface area (Å²) in [6.07, 6.45) is 1.35. The van der Waals surface area contributed by atoms with Crippen molar-refractivity contribution in [1.29, 1.82) is 0 Å². The van der Waals surface area contributed by atoms with Gasteiger partial charge in [-0.3, -0.25) is 19.2 Å². The number of amides is 5. The number of ether oxygens (including phenoxy) is 3. The number of esters is 1. The Morgan fingerprint density at radius 1 is 1.14 bits per heavy atom. The molecule has 13 heteroatoms. The van der Waals surface area contributed by atoms with Crippen LogP contribution in [0.15, 0.2) is 29.8 Å². The van der Waals surface area contributed by atoms with E-state index in [1.165, 1.54) is 18.1 Å². The Kier molecular flexibility index (Phi) is 7.05. The molecule has 0 spiro atoms. The number of benzene rings is 2. The number of nitrogens with one attached hydrogen (secondary N) is 2. The molecule has 0 unspecified atom stereocenters. The number of urea groups is 1. The topological polar surface area (TPSA) is 144 Å². The van der Waals surface area contributed by atoms with E-state index in [4.69, 9.17) is 14.2 Å². The maximum absolute atomic E-state index is 15.0. The highest BCUT2D eigenvalue weighted by molar-refractivity contribution is 6.07. The van der Waals surface area contributed by atoms with Crippen molar-refractivity contribution in [1.82, 2.24) is 20.4 Å². The Morgan fingerprint density at radius 2 is 1.91 bits per heavy atom. The molecular weight excluding hydrogens is 575 g/mol. The third-order valence-electron chi connectivity index (χ3n) is 8.08. The van der Waals surface area contributed by atoms with Crippen molar-refractivity contribution >= 4 is 35.8 Å². The van der Waals surface area contributed by atoms with Crippen molar-refractivity contribution in [3.8, 4) is 11.5 Å². The van der Waals surface area contributed by atoms with E-state index in [0.717, 1.165) is 10.5 Å². The molecule has 4 heterocycles. The molecule has 0 aromatic heterocycles. The summed E-state index contributed by atoms with van der Waals surface area (Å²) in [7, 11) is 1.31. The van der Waals surface area contributed by atoms with Crippen LogP contribution in [0.25, 0.3) is 6.08 Å². The van der Waals surface area contributed by atoms with Crippen molar-refractivity contribution in [2.75, 3.05) is 26.9 Å². The molecule has 0 bridgehead atoms. The van der Waals surface area contributed by atoms with Crippen LogP contribution in [-0.4, -0.2) is 78.6 Å². The maximum Gasteiger partial charge on any atom is 0.327 e. The number of nitrogens with zero attached hydrogens (tertiary/aromatic N) is 2. The zero-order chi connectivity index (χ0) is 31.5. The lowest BCUT2D eigenvalue weighted by atomic mass is 9.91. The van der Waals surface area contributed by atoms with Crippen LogP contribution in [0.5, 0.6) is 11.5 Å². The van der Waals surface area contributed by atoms with E-state index in [1.807, 2.05) is 6.07 Å². The van der Waals surface area contributed by atoms with Crippen molar-refractivity contribution < 1.29 is 42.6 Å². The first-order valence-electron chi connectivity index (χ1n) is 14.1. The number of halogens is 1. The monoisotopic (exact) mass is 606 g/mol. The Balaban J connectivity index is 1.32. The number of imide groups is 1. The summed E-state index contributed by atoms with van der Waals surface area (Å²) in [6.45, 7) is 4.85. The minimum Gasteiger partial charge on any atom is -0.494 e. The first-order valence-corrected chi connectivity index (χ1v) is 14.1. The average molecular weight is 607 g/mol. The van der Waals surface area contributed by atoms with E-state index in [2.05, 4.69) is 10.6 Å². The maximum atomic E-state index is 15.0. The highest BCUT2D eigenvalue weighted by Crippen LogP contribution is 2.38. The van der Waals surface area contributed by atoms with Crippen molar-refractivity contribution in [2.45, 2.75) is 45.9 Å². The van der Waals surface area contributed by atoms with Crippen LogP contribution in [0.4, 0.5) is 9.18 Å². The van der Waals surface area contributed by atoms with Gasteiger partial charge in [-0.2, -0.15) is 0 Å². The number of fused-ring (bicyclic) bond motifs is 3.